The summed E-state index contributed by atoms with van der Waals surface area (Å²) in [4.78, 5) is 10.7. The fraction of sp³-hybridized carbons (Fsp3) is 0.421. The van der Waals surface area contributed by atoms with Gasteiger partial charge in [0.1, 0.15) is 6.29 Å². The quantitative estimate of drug-likeness (QED) is 0.530. The van der Waals surface area contributed by atoms with Crippen molar-refractivity contribution in [2.24, 2.45) is 17.3 Å². The zero-order valence-corrected chi connectivity index (χ0v) is 12.7. The van der Waals surface area contributed by atoms with Crippen molar-refractivity contribution >= 4 is 12.4 Å². The number of carbonyl (C=O) groups is 1. The minimum absolute atomic E-state index is 0.332. The average Bonchev–Trinajstić information content (AvgIpc) is 2.92. The molecule has 1 fully saturated rings. The van der Waals surface area contributed by atoms with Crippen LogP contribution in [0.5, 0.6) is 0 Å². The van der Waals surface area contributed by atoms with E-state index in [9.17, 15) is 4.79 Å². The maximum atomic E-state index is 10.7. The Balaban J connectivity index is 1.89. The van der Waals surface area contributed by atoms with Crippen molar-refractivity contribution in [2.45, 2.75) is 33.6 Å². The third kappa shape index (κ3) is 3.47. The molecule has 1 aliphatic carbocycles. The number of rotatable bonds is 6. The number of hydrogen-bond donors (Lipinski definition) is 0. The molecule has 1 aromatic carbocycles. The summed E-state index contributed by atoms with van der Waals surface area (Å²) in [6.45, 7) is 6.74. The molecule has 0 aromatic heterocycles. The van der Waals surface area contributed by atoms with Crippen molar-refractivity contribution in [3.63, 3.8) is 0 Å². The number of hydrogen-bond acceptors (Lipinski definition) is 1. The Hall–Kier alpha value is -1.63. The van der Waals surface area contributed by atoms with E-state index in [1.807, 2.05) is 18.2 Å². The Morgan fingerprint density at radius 3 is 2.55 bits per heavy atom. The van der Waals surface area contributed by atoms with Gasteiger partial charge in [-0.3, -0.25) is 0 Å². The Bertz CT molecular complexity index is 508. The molecule has 20 heavy (non-hydrogen) atoms. The molecule has 0 N–H and O–H groups in total. The second-order valence-electron chi connectivity index (χ2n) is 6.42. The molecular weight excluding hydrogens is 244 g/mol. The van der Waals surface area contributed by atoms with Gasteiger partial charge in [-0.05, 0) is 36.2 Å². The molecule has 0 aliphatic heterocycles. The van der Waals surface area contributed by atoms with Crippen LogP contribution in [0, 0.1) is 17.3 Å². The van der Waals surface area contributed by atoms with Crippen LogP contribution in [-0.4, -0.2) is 6.29 Å². The van der Waals surface area contributed by atoms with E-state index < -0.39 is 0 Å². The maximum absolute atomic E-state index is 10.7. The van der Waals surface area contributed by atoms with Gasteiger partial charge < -0.3 is 4.79 Å². The van der Waals surface area contributed by atoms with Gasteiger partial charge in [0, 0.05) is 6.42 Å². The lowest BCUT2D eigenvalue weighted by Crippen LogP contribution is -1.91. The van der Waals surface area contributed by atoms with Gasteiger partial charge in [-0.2, -0.15) is 0 Å². The van der Waals surface area contributed by atoms with E-state index in [1.165, 1.54) is 11.1 Å². The molecule has 0 amide bonds. The van der Waals surface area contributed by atoms with Crippen LogP contribution in [0.2, 0.25) is 0 Å². The molecule has 0 spiro atoms. The highest BCUT2D eigenvalue weighted by atomic mass is 16.1. The summed E-state index contributed by atoms with van der Waals surface area (Å²) in [6.07, 6.45) is 9.33. The van der Waals surface area contributed by atoms with E-state index in [4.69, 9.17) is 0 Å². The summed E-state index contributed by atoms with van der Waals surface area (Å²) >= 11 is 0. The Morgan fingerprint density at radius 1 is 1.20 bits per heavy atom. The predicted octanol–water partition coefficient (Wildman–Crippen LogP) is 4.90. The summed E-state index contributed by atoms with van der Waals surface area (Å²) < 4.78 is 0. The van der Waals surface area contributed by atoms with E-state index in [2.05, 4.69) is 51.1 Å². The molecule has 1 saturated carbocycles. The molecule has 0 bridgehead atoms. The fourth-order valence-electron chi connectivity index (χ4n) is 3.14. The molecule has 1 nitrogen and oxygen atoms in total. The van der Waals surface area contributed by atoms with E-state index in [0.29, 0.717) is 23.7 Å². The molecule has 0 heterocycles. The summed E-state index contributed by atoms with van der Waals surface area (Å²) in [5.74, 6) is 1.23. The minimum Gasteiger partial charge on any atom is -0.303 e. The lowest BCUT2D eigenvalue weighted by Gasteiger charge is -2.02. The third-order valence-electron chi connectivity index (χ3n) is 4.65. The largest absolute Gasteiger partial charge is 0.303 e. The van der Waals surface area contributed by atoms with Gasteiger partial charge in [-0.25, -0.2) is 0 Å². The first-order valence-electron chi connectivity index (χ1n) is 7.38. The zero-order valence-electron chi connectivity index (χ0n) is 12.7. The first-order valence-corrected chi connectivity index (χ1v) is 7.38. The maximum Gasteiger partial charge on any atom is 0.120 e. The third-order valence-corrected chi connectivity index (χ3v) is 4.65. The number of carbonyl (C=O) groups excluding carboxylic acids is 1. The van der Waals surface area contributed by atoms with Gasteiger partial charge in [-0.15, -0.1) is 0 Å². The van der Waals surface area contributed by atoms with Crippen LogP contribution >= 0.6 is 0 Å². The zero-order chi connectivity index (χ0) is 14.6. The van der Waals surface area contributed by atoms with Crippen LogP contribution in [0.25, 0.3) is 6.08 Å². The number of allylic oxidation sites excluding steroid dienone is 3. The second-order valence-corrected chi connectivity index (χ2v) is 6.42. The highest BCUT2D eigenvalue weighted by Gasteiger charge is 2.56. The molecule has 1 aromatic rings. The van der Waals surface area contributed by atoms with Gasteiger partial charge in [-0.1, -0.05) is 68.0 Å². The monoisotopic (exact) mass is 268 g/mol. The smallest absolute Gasteiger partial charge is 0.120 e. The van der Waals surface area contributed by atoms with Crippen molar-refractivity contribution in [2.75, 3.05) is 0 Å². The van der Waals surface area contributed by atoms with Crippen molar-refractivity contribution in [1.29, 1.82) is 0 Å². The second kappa shape index (κ2) is 6.21. The molecule has 0 radical (unpaired) electrons. The van der Waals surface area contributed by atoms with E-state index >= 15 is 0 Å². The average molecular weight is 268 g/mol. The fourth-order valence-corrected chi connectivity index (χ4v) is 3.14. The Kier molecular flexibility index (Phi) is 4.59. The molecule has 1 heteroatoms. The van der Waals surface area contributed by atoms with Crippen molar-refractivity contribution in [1.82, 2.24) is 0 Å². The van der Waals surface area contributed by atoms with Crippen molar-refractivity contribution in [3.05, 3.63) is 53.6 Å². The highest BCUT2D eigenvalue weighted by Crippen LogP contribution is 2.62. The molecule has 2 rings (SSSR count). The molecule has 2 atom stereocenters. The normalized spacial score (nSPS) is 24.9. The summed E-state index contributed by atoms with van der Waals surface area (Å²) in [6, 6.07) is 10.3. The molecule has 0 unspecified atom stereocenters. The van der Waals surface area contributed by atoms with Crippen LogP contribution < -0.4 is 0 Å². The standard InChI is InChI=1S/C19H24O/c1-15(8-7-11-16-9-5-4-6-10-16)14-18-17(12-13-20)19(18,2)3/h4-11,13,17-18H,12,14H2,1-3H3/b11-7+,15-8+/t17-,18+/m1/s1. The molecule has 0 saturated heterocycles. The summed E-state index contributed by atoms with van der Waals surface area (Å²) in [5, 5.41) is 0. The first-order chi connectivity index (χ1) is 9.55. The van der Waals surface area contributed by atoms with E-state index in [0.717, 1.165) is 12.7 Å². The van der Waals surface area contributed by atoms with Crippen molar-refractivity contribution in [3.8, 4) is 0 Å². The number of aldehydes is 1. The van der Waals surface area contributed by atoms with Gasteiger partial charge in [0.05, 0.1) is 0 Å². The van der Waals surface area contributed by atoms with Crippen LogP contribution in [-0.2, 0) is 4.79 Å². The van der Waals surface area contributed by atoms with Gasteiger partial charge in [0.15, 0.2) is 0 Å². The molecule has 106 valence electrons. The number of benzene rings is 1. The summed E-state index contributed by atoms with van der Waals surface area (Å²) in [7, 11) is 0. The summed E-state index contributed by atoms with van der Waals surface area (Å²) in [5.41, 5.74) is 2.95. The Morgan fingerprint density at radius 2 is 1.90 bits per heavy atom. The van der Waals surface area contributed by atoms with Crippen LogP contribution in [0.1, 0.15) is 39.2 Å². The SMILES string of the molecule is C/C(=C\C=C\c1ccccc1)C[C@H]1[C@@H](CC=O)C1(C)C. The van der Waals surface area contributed by atoms with E-state index in [-0.39, 0.29) is 0 Å². The lowest BCUT2D eigenvalue weighted by molar-refractivity contribution is -0.108. The lowest BCUT2D eigenvalue weighted by atomic mass is 10.0. The van der Waals surface area contributed by atoms with Crippen LogP contribution in [0.15, 0.2) is 48.1 Å². The Labute approximate surface area is 122 Å². The van der Waals surface area contributed by atoms with Crippen LogP contribution in [0.4, 0.5) is 0 Å². The topological polar surface area (TPSA) is 17.1 Å². The van der Waals surface area contributed by atoms with E-state index in [1.54, 1.807) is 0 Å². The molecular formula is C19H24O. The highest BCUT2D eigenvalue weighted by molar-refractivity contribution is 5.52. The van der Waals surface area contributed by atoms with Gasteiger partial charge in [0.25, 0.3) is 0 Å². The van der Waals surface area contributed by atoms with Gasteiger partial charge in [0.2, 0.25) is 0 Å². The minimum atomic E-state index is 0.332. The predicted molar refractivity (Wildman–Crippen MR) is 85.3 cm³/mol. The first kappa shape index (κ1) is 14.8. The molecule has 1 aliphatic rings. The van der Waals surface area contributed by atoms with Gasteiger partial charge >= 0.3 is 0 Å². The van der Waals surface area contributed by atoms with Crippen molar-refractivity contribution < 1.29 is 4.79 Å². The van der Waals surface area contributed by atoms with Crippen LogP contribution in [0.3, 0.4) is 0 Å².